The number of anilines is 1. The van der Waals surface area contributed by atoms with Crippen LogP contribution in [0.3, 0.4) is 0 Å². The van der Waals surface area contributed by atoms with E-state index in [1.54, 1.807) is 29.6 Å². The van der Waals surface area contributed by atoms with Gasteiger partial charge in [-0.1, -0.05) is 44.1 Å². The van der Waals surface area contributed by atoms with Gasteiger partial charge in [0.1, 0.15) is 0 Å². The van der Waals surface area contributed by atoms with Crippen LogP contribution >= 0.6 is 23.5 Å². The molecule has 1 heterocycles. The van der Waals surface area contributed by atoms with Gasteiger partial charge in [-0.2, -0.15) is 0 Å². The van der Waals surface area contributed by atoms with Gasteiger partial charge in [0.2, 0.25) is 5.89 Å². The van der Waals surface area contributed by atoms with Gasteiger partial charge in [0.15, 0.2) is 0 Å². The number of thioether (sulfide) groups is 2. The Bertz CT molecular complexity index is 925. The van der Waals surface area contributed by atoms with E-state index >= 15 is 0 Å². The van der Waals surface area contributed by atoms with Gasteiger partial charge in [-0.15, -0.1) is 28.6 Å². The molecule has 3 aromatic rings. The van der Waals surface area contributed by atoms with E-state index in [1.165, 1.54) is 0 Å². The first-order chi connectivity index (χ1) is 13.1. The number of nitrogens with one attached hydrogen (secondary N) is 1. The Kier molecular flexibility index (Phi) is 6.58. The SMILES string of the molecule is CCSc1ccccc1C(=O)Nc1nnc(-c2cccc(SC(C)C)c2)o1. The lowest BCUT2D eigenvalue weighted by Gasteiger charge is -2.06. The first kappa shape index (κ1) is 19.5. The molecule has 3 rings (SSSR count). The highest BCUT2D eigenvalue weighted by atomic mass is 32.2. The molecule has 2 aromatic carbocycles. The van der Waals surface area contributed by atoms with E-state index < -0.39 is 0 Å². The molecule has 27 heavy (non-hydrogen) atoms. The largest absolute Gasteiger partial charge is 0.403 e. The van der Waals surface area contributed by atoms with Crippen LogP contribution in [-0.2, 0) is 0 Å². The van der Waals surface area contributed by atoms with Gasteiger partial charge in [-0.25, -0.2) is 0 Å². The summed E-state index contributed by atoms with van der Waals surface area (Å²) < 4.78 is 5.65. The summed E-state index contributed by atoms with van der Waals surface area (Å²) in [6.45, 7) is 6.34. The predicted octanol–water partition coefficient (Wildman–Crippen LogP) is 5.60. The van der Waals surface area contributed by atoms with E-state index in [1.807, 2.05) is 36.4 Å². The first-order valence-corrected chi connectivity index (χ1v) is 10.6. The molecule has 0 fully saturated rings. The molecule has 1 N–H and O–H groups in total. The zero-order valence-corrected chi connectivity index (χ0v) is 17.1. The molecule has 7 heteroatoms. The summed E-state index contributed by atoms with van der Waals surface area (Å²) in [6, 6.07) is 15.5. The molecule has 0 aliphatic rings. The van der Waals surface area contributed by atoms with Crippen molar-refractivity contribution in [2.24, 2.45) is 0 Å². The Balaban J connectivity index is 1.76. The van der Waals surface area contributed by atoms with Crippen molar-refractivity contribution in [2.75, 3.05) is 11.1 Å². The van der Waals surface area contributed by atoms with Crippen LogP contribution in [0.15, 0.2) is 62.7 Å². The summed E-state index contributed by atoms with van der Waals surface area (Å²) in [5.74, 6) is 1.01. The third-order valence-electron chi connectivity index (χ3n) is 3.53. The Morgan fingerprint density at radius 3 is 2.74 bits per heavy atom. The van der Waals surface area contributed by atoms with Crippen LogP contribution in [0.1, 0.15) is 31.1 Å². The summed E-state index contributed by atoms with van der Waals surface area (Å²) in [7, 11) is 0. The quantitative estimate of drug-likeness (QED) is 0.522. The van der Waals surface area contributed by atoms with Gasteiger partial charge in [0.05, 0.1) is 5.56 Å². The second-order valence-electron chi connectivity index (χ2n) is 5.99. The maximum absolute atomic E-state index is 12.6. The van der Waals surface area contributed by atoms with E-state index in [-0.39, 0.29) is 11.9 Å². The smallest absolute Gasteiger partial charge is 0.322 e. The third-order valence-corrected chi connectivity index (χ3v) is 5.48. The number of nitrogens with zero attached hydrogens (tertiary/aromatic N) is 2. The minimum absolute atomic E-state index is 0.0909. The summed E-state index contributed by atoms with van der Waals surface area (Å²) in [4.78, 5) is 14.6. The molecule has 1 aromatic heterocycles. The Morgan fingerprint density at radius 2 is 1.96 bits per heavy atom. The number of hydrogen-bond donors (Lipinski definition) is 1. The molecule has 0 radical (unpaired) electrons. The highest BCUT2D eigenvalue weighted by molar-refractivity contribution is 8.00. The number of aromatic nitrogens is 2. The second kappa shape index (κ2) is 9.10. The number of carbonyl (C=O) groups excluding carboxylic acids is 1. The van der Waals surface area contributed by atoms with Crippen molar-refractivity contribution in [2.45, 2.75) is 35.8 Å². The topological polar surface area (TPSA) is 68.0 Å². The van der Waals surface area contributed by atoms with Crippen molar-refractivity contribution in [3.05, 3.63) is 54.1 Å². The van der Waals surface area contributed by atoms with Crippen LogP contribution in [0, 0.1) is 0 Å². The number of hydrogen-bond acceptors (Lipinski definition) is 6. The van der Waals surface area contributed by atoms with Gasteiger partial charge in [0, 0.05) is 20.6 Å². The maximum atomic E-state index is 12.6. The molecule has 0 aliphatic heterocycles. The van der Waals surface area contributed by atoms with Gasteiger partial charge in [-0.3, -0.25) is 10.1 Å². The molecular weight excluding hydrogens is 378 g/mol. The normalized spacial score (nSPS) is 11.0. The lowest BCUT2D eigenvalue weighted by molar-refractivity contribution is 0.102. The molecule has 140 valence electrons. The van der Waals surface area contributed by atoms with Gasteiger partial charge < -0.3 is 4.42 Å². The standard InChI is InChI=1S/C20H21N3O2S2/c1-4-26-17-11-6-5-10-16(17)18(24)21-20-23-22-19(25-20)14-8-7-9-15(12-14)27-13(2)3/h5-13H,4H2,1-3H3,(H,21,23,24). The highest BCUT2D eigenvalue weighted by Gasteiger charge is 2.15. The van der Waals surface area contributed by atoms with Crippen LogP contribution in [0.4, 0.5) is 6.01 Å². The van der Waals surface area contributed by atoms with Crippen molar-refractivity contribution in [3.63, 3.8) is 0 Å². The lowest BCUT2D eigenvalue weighted by Crippen LogP contribution is -2.13. The molecule has 0 unspecified atom stereocenters. The van der Waals surface area contributed by atoms with E-state index in [0.29, 0.717) is 16.7 Å². The summed E-state index contributed by atoms with van der Waals surface area (Å²) in [5.41, 5.74) is 1.43. The third kappa shape index (κ3) is 5.14. The predicted molar refractivity (Wildman–Crippen MR) is 112 cm³/mol. The van der Waals surface area contributed by atoms with Crippen LogP contribution < -0.4 is 5.32 Å². The fourth-order valence-electron chi connectivity index (χ4n) is 2.47. The molecule has 0 bridgehead atoms. The minimum atomic E-state index is -0.258. The summed E-state index contributed by atoms with van der Waals surface area (Å²) in [6.07, 6.45) is 0. The van der Waals surface area contributed by atoms with Crippen LogP contribution in [0.25, 0.3) is 11.5 Å². The zero-order chi connectivity index (χ0) is 19.2. The average molecular weight is 400 g/mol. The van der Waals surface area contributed by atoms with Crippen LogP contribution in [0.2, 0.25) is 0 Å². The van der Waals surface area contributed by atoms with Crippen molar-refractivity contribution < 1.29 is 9.21 Å². The van der Waals surface area contributed by atoms with E-state index in [0.717, 1.165) is 21.1 Å². The first-order valence-electron chi connectivity index (χ1n) is 8.70. The van der Waals surface area contributed by atoms with E-state index in [4.69, 9.17) is 4.42 Å². The molecule has 0 saturated heterocycles. The Hall–Kier alpha value is -2.25. The summed E-state index contributed by atoms with van der Waals surface area (Å²) >= 11 is 3.39. The zero-order valence-electron chi connectivity index (χ0n) is 15.4. The number of amides is 1. The average Bonchev–Trinajstić information content (AvgIpc) is 3.10. The lowest BCUT2D eigenvalue weighted by atomic mass is 10.2. The van der Waals surface area contributed by atoms with E-state index in [2.05, 4.69) is 42.4 Å². The number of benzene rings is 2. The van der Waals surface area contributed by atoms with Crippen molar-refractivity contribution in [3.8, 4) is 11.5 Å². The monoisotopic (exact) mass is 399 g/mol. The molecule has 0 atom stereocenters. The fourth-order valence-corrected chi connectivity index (χ4v) is 4.16. The van der Waals surface area contributed by atoms with Crippen molar-refractivity contribution in [1.29, 1.82) is 0 Å². The van der Waals surface area contributed by atoms with Crippen molar-refractivity contribution >= 4 is 35.4 Å². The molecule has 0 aliphatic carbocycles. The Morgan fingerprint density at radius 1 is 1.15 bits per heavy atom. The maximum Gasteiger partial charge on any atom is 0.322 e. The molecule has 5 nitrogen and oxygen atoms in total. The second-order valence-corrected chi connectivity index (χ2v) is 8.95. The number of rotatable bonds is 7. The van der Waals surface area contributed by atoms with Gasteiger partial charge >= 0.3 is 6.01 Å². The molecular formula is C20H21N3O2S2. The van der Waals surface area contributed by atoms with Gasteiger partial charge in [-0.05, 0) is 36.1 Å². The van der Waals surface area contributed by atoms with Gasteiger partial charge in [0.25, 0.3) is 5.91 Å². The summed E-state index contributed by atoms with van der Waals surface area (Å²) in [5, 5.41) is 11.2. The highest BCUT2D eigenvalue weighted by Crippen LogP contribution is 2.28. The van der Waals surface area contributed by atoms with Crippen molar-refractivity contribution in [1.82, 2.24) is 10.2 Å². The molecule has 0 saturated carbocycles. The van der Waals surface area contributed by atoms with E-state index in [9.17, 15) is 4.79 Å². The molecule has 0 spiro atoms. The fraction of sp³-hybridized carbons (Fsp3) is 0.250. The number of carbonyl (C=O) groups is 1. The Labute approximate surface area is 167 Å². The van der Waals surface area contributed by atoms with Crippen LogP contribution in [-0.4, -0.2) is 27.1 Å². The molecule has 1 amide bonds. The minimum Gasteiger partial charge on any atom is -0.403 e. The van der Waals surface area contributed by atoms with Crippen LogP contribution in [0.5, 0.6) is 0 Å².